The molecule has 1 saturated carbocycles. The molecule has 0 aliphatic heterocycles. The van der Waals surface area contributed by atoms with E-state index in [2.05, 4.69) is 29.1 Å². The molecule has 1 N–H and O–H groups in total. The van der Waals surface area contributed by atoms with Gasteiger partial charge in [0.2, 0.25) is 0 Å². The summed E-state index contributed by atoms with van der Waals surface area (Å²) in [5.74, 6) is 0.928. The van der Waals surface area contributed by atoms with E-state index in [4.69, 9.17) is 0 Å². The summed E-state index contributed by atoms with van der Waals surface area (Å²) in [6.45, 7) is 3.37. The molecule has 0 aromatic carbocycles. The van der Waals surface area contributed by atoms with Gasteiger partial charge in [0.25, 0.3) is 0 Å². The fourth-order valence-electron chi connectivity index (χ4n) is 2.83. The summed E-state index contributed by atoms with van der Waals surface area (Å²) in [6.07, 6.45) is 8.43. The van der Waals surface area contributed by atoms with Crippen LogP contribution in [0.3, 0.4) is 0 Å². The SMILES string of the molecule is CCCC1CCCCC1NCc1ccsc1. The van der Waals surface area contributed by atoms with Crippen LogP contribution in [0.15, 0.2) is 16.8 Å². The van der Waals surface area contributed by atoms with Crippen molar-refractivity contribution in [2.75, 3.05) is 0 Å². The van der Waals surface area contributed by atoms with Gasteiger partial charge in [-0.2, -0.15) is 11.3 Å². The van der Waals surface area contributed by atoms with Crippen LogP contribution < -0.4 is 5.32 Å². The van der Waals surface area contributed by atoms with Gasteiger partial charge in [-0.15, -0.1) is 0 Å². The largest absolute Gasteiger partial charge is 0.310 e. The van der Waals surface area contributed by atoms with Crippen molar-refractivity contribution in [3.8, 4) is 0 Å². The summed E-state index contributed by atoms with van der Waals surface area (Å²) < 4.78 is 0. The second kappa shape index (κ2) is 6.41. The van der Waals surface area contributed by atoms with Crippen LogP contribution in [0.25, 0.3) is 0 Å². The molecule has 90 valence electrons. The van der Waals surface area contributed by atoms with Crippen LogP contribution in [-0.4, -0.2) is 6.04 Å². The molecule has 2 heteroatoms. The Morgan fingerprint density at radius 1 is 1.38 bits per heavy atom. The van der Waals surface area contributed by atoms with Gasteiger partial charge >= 0.3 is 0 Å². The molecule has 1 aliphatic rings. The van der Waals surface area contributed by atoms with Crippen molar-refractivity contribution in [3.63, 3.8) is 0 Å². The van der Waals surface area contributed by atoms with E-state index in [0.29, 0.717) is 0 Å². The van der Waals surface area contributed by atoms with E-state index in [-0.39, 0.29) is 0 Å². The standard InChI is InChI=1S/C14H23NS/c1-2-5-13-6-3-4-7-14(13)15-10-12-8-9-16-11-12/h8-9,11,13-15H,2-7,10H2,1H3. The van der Waals surface area contributed by atoms with Crippen LogP contribution in [0.2, 0.25) is 0 Å². The molecule has 1 aliphatic carbocycles. The number of rotatable bonds is 5. The summed E-state index contributed by atoms with van der Waals surface area (Å²) in [5.41, 5.74) is 1.45. The third-order valence-electron chi connectivity index (χ3n) is 3.72. The Labute approximate surface area is 103 Å². The van der Waals surface area contributed by atoms with Crippen molar-refractivity contribution in [1.29, 1.82) is 0 Å². The monoisotopic (exact) mass is 237 g/mol. The van der Waals surface area contributed by atoms with Crippen molar-refractivity contribution in [1.82, 2.24) is 5.32 Å². The molecule has 1 heterocycles. The molecule has 16 heavy (non-hydrogen) atoms. The Morgan fingerprint density at radius 3 is 3.00 bits per heavy atom. The number of nitrogens with one attached hydrogen (secondary N) is 1. The Kier molecular flexibility index (Phi) is 4.86. The van der Waals surface area contributed by atoms with Crippen molar-refractivity contribution >= 4 is 11.3 Å². The topological polar surface area (TPSA) is 12.0 Å². The molecule has 1 aromatic rings. The Balaban J connectivity index is 1.81. The van der Waals surface area contributed by atoms with E-state index in [1.165, 1.54) is 44.1 Å². The van der Waals surface area contributed by atoms with Crippen molar-refractivity contribution in [3.05, 3.63) is 22.4 Å². The summed E-state index contributed by atoms with van der Waals surface area (Å²) in [7, 11) is 0. The van der Waals surface area contributed by atoms with E-state index < -0.39 is 0 Å². The van der Waals surface area contributed by atoms with Crippen LogP contribution in [0.5, 0.6) is 0 Å². The highest BCUT2D eigenvalue weighted by atomic mass is 32.1. The van der Waals surface area contributed by atoms with Gasteiger partial charge in [0, 0.05) is 12.6 Å². The van der Waals surface area contributed by atoms with E-state index in [9.17, 15) is 0 Å². The number of hydrogen-bond acceptors (Lipinski definition) is 2. The molecule has 0 radical (unpaired) electrons. The van der Waals surface area contributed by atoms with Crippen LogP contribution in [0.1, 0.15) is 51.0 Å². The molecular formula is C14H23NS. The normalized spacial score (nSPS) is 25.8. The van der Waals surface area contributed by atoms with Gasteiger partial charge in [-0.05, 0) is 47.6 Å². The first-order valence-electron chi connectivity index (χ1n) is 6.64. The summed E-state index contributed by atoms with van der Waals surface area (Å²) in [6, 6.07) is 3.00. The third kappa shape index (κ3) is 3.33. The highest BCUT2D eigenvalue weighted by Crippen LogP contribution is 2.28. The first-order chi connectivity index (χ1) is 7.90. The van der Waals surface area contributed by atoms with Gasteiger partial charge in [-0.3, -0.25) is 0 Å². The molecule has 2 atom stereocenters. The lowest BCUT2D eigenvalue weighted by Gasteiger charge is -2.32. The fraction of sp³-hybridized carbons (Fsp3) is 0.714. The lowest BCUT2D eigenvalue weighted by atomic mass is 9.82. The Hall–Kier alpha value is -0.340. The van der Waals surface area contributed by atoms with Crippen molar-refractivity contribution < 1.29 is 0 Å². The minimum atomic E-state index is 0.772. The highest BCUT2D eigenvalue weighted by molar-refractivity contribution is 7.07. The minimum absolute atomic E-state index is 0.772. The van der Waals surface area contributed by atoms with Crippen LogP contribution in [0, 0.1) is 5.92 Å². The van der Waals surface area contributed by atoms with Crippen LogP contribution >= 0.6 is 11.3 Å². The second-order valence-corrected chi connectivity index (χ2v) is 5.73. The van der Waals surface area contributed by atoms with Gasteiger partial charge in [-0.1, -0.05) is 26.2 Å². The maximum atomic E-state index is 3.77. The maximum absolute atomic E-state index is 3.77. The van der Waals surface area contributed by atoms with Gasteiger partial charge in [0.05, 0.1) is 0 Å². The molecule has 0 bridgehead atoms. The van der Waals surface area contributed by atoms with Crippen molar-refractivity contribution in [2.24, 2.45) is 5.92 Å². The molecule has 0 amide bonds. The Morgan fingerprint density at radius 2 is 2.25 bits per heavy atom. The zero-order valence-corrected chi connectivity index (χ0v) is 11.1. The van der Waals surface area contributed by atoms with E-state index in [1.807, 2.05) is 0 Å². The predicted octanol–water partition coefficient (Wildman–Crippen LogP) is 4.20. The van der Waals surface area contributed by atoms with Gasteiger partial charge in [-0.25, -0.2) is 0 Å². The summed E-state index contributed by atoms with van der Waals surface area (Å²) in [4.78, 5) is 0. The quantitative estimate of drug-likeness (QED) is 0.809. The fourth-order valence-corrected chi connectivity index (χ4v) is 3.50. The van der Waals surface area contributed by atoms with Gasteiger partial charge in [0.15, 0.2) is 0 Å². The molecule has 0 spiro atoms. The van der Waals surface area contributed by atoms with Crippen molar-refractivity contribution in [2.45, 2.75) is 58.0 Å². The molecule has 1 nitrogen and oxygen atoms in total. The zero-order chi connectivity index (χ0) is 11.2. The lowest BCUT2D eigenvalue weighted by Crippen LogP contribution is -2.38. The second-order valence-electron chi connectivity index (χ2n) is 4.95. The predicted molar refractivity (Wildman–Crippen MR) is 71.8 cm³/mol. The highest BCUT2D eigenvalue weighted by Gasteiger charge is 2.23. The lowest BCUT2D eigenvalue weighted by molar-refractivity contribution is 0.246. The molecule has 1 fully saturated rings. The number of thiophene rings is 1. The minimum Gasteiger partial charge on any atom is -0.310 e. The maximum Gasteiger partial charge on any atom is 0.0216 e. The molecule has 0 saturated heterocycles. The third-order valence-corrected chi connectivity index (χ3v) is 4.45. The van der Waals surface area contributed by atoms with Gasteiger partial charge < -0.3 is 5.32 Å². The summed E-state index contributed by atoms with van der Waals surface area (Å²) in [5, 5.41) is 8.19. The van der Waals surface area contributed by atoms with E-state index in [0.717, 1.165) is 18.5 Å². The Bertz CT molecular complexity index is 279. The zero-order valence-electron chi connectivity index (χ0n) is 10.2. The van der Waals surface area contributed by atoms with Gasteiger partial charge in [0.1, 0.15) is 0 Å². The number of hydrogen-bond donors (Lipinski definition) is 1. The average Bonchev–Trinajstić information content (AvgIpc) is 2.81. The first-order valence-corrected chi connectivity index (χ1v) is 7.59. The average molecular weight is 237 g/mol. The van der Waals surface area contributed by atoms with Crippen LogP contribution in [0.4, 0.5) is 0 Å². The van der Waals surface area contributed by atoms with Crippen LogP contribution in [-0.2, 0) is 6.54 Å². The smallest absolute Gasteiger partial charge is 0.0216 e. The molecule has 2 rings (SSSR count). The molecule has 2 unspecified atom stereocenters. The molecule has 1 aromatic heterocycles. The summed E-state index contributed by atoms with van der Waals surface area (Å²) >= 11 is 1.80. The first kappa shape index (κ1) is 12.1. The van der Waals surface area contributed by atoms with E-state index in [1.54, 1.807) is 11.3 Å². The van der Waals surface area contributed by atoms with E-state index >= 15 is 0 Å². The molecular weight excluding hydrogens is 214 g/mol.